The van der Waals surface area contributed by atoms with Crippen molar-refractivity contribution in [2.75, 3.05) is 17.2 Å². The van der Waals surface area contributed by atoms with E-state index in [1.807, 2.05) is 13.0 Å². The minimum absolute atomic E-state index is 0.0388. The van der Waals surface area contributed by atoms with Crippen molar-refractivity contribution in [3.63, 3.8) is 0 Å². The fourth-order valence-corrected chi connectivity index (χ4v) is 2.52. The number of carbonyl (C=O) groups excluding carboxylic acids is 2. The molecule has 1 aromatic carbocycles. The van der Waals surface area contributed by atoms with E-state index >= 15 is 0 Å². The first-order chi connectivity index (χ1) is 13.7. The molecule has 0 fully saturated rings. The van der Waals surface area contributed by atoms with Crippen LogP contribution in [0, 0.1) is 0 Å². The van der Waals surface area contributed by atoms with Gasteiger partial charge in [0.25, 0.3) is 5.91 Å². The molecule has 0 radical (unpaired) electrons. The summed E-state index contributed by atoms with van der Waals surface area (Å²) in [5, 5.41) is 12.0. The quantitative estimate of drug-likeness (QED) is 0.539. The van der Waals surface area contributed by atoms with E-state index in [1.165, 1.54) is 0 Å². The molecule has 0 saturated heterocycles. The fourth-order valence-electron chi connectivity index (χ4n) is 2.52. The second-order valence-electron chi connectivity index (χ2n) is 6.00. The highest BCUT2D eigenvalue weighted by Gasteiger charge is 2.26. The molecule has 3 aromatic rings. The molecule has 8 heteroatoms. The number of anilines is 2. The maximum absolute atomic E-state index is 12.7. The van der Waals surface area contributed by atoms with Gasteiger partial charge in [0.1, 0.15) is 11.3 Å². The van der Waals surface area contributed by atoms with Crippen LogP contribution in [0.25, 0.3) is 11.4 Å². The molecule has 0 aliphatic rings. The lowest BCUT2D eigenvalue weighted by molar-refractivity contribution is 0.0954. The van der Waals surface area contributed by atoms with E-state index in [-0.39, 0.29) is 23.0 Å². The Hall–Kier alpha value is -3.68. The van der Waals surface area contributed by atoms with Crippen molar-refractivity contribution in [3.8, 4) is 11.4 Å². The van der Waals surface area contributed by atoms with Crippen molar-refractivity contribution in [2.45, 2.75) is 19.8 Å². The Bertz CT molecular complexity index is 926. The van der Waals surface area contributed by atoms with E-state index < -0.39 is 6.03 Å². The van der Waals surface area contributed by atoms with Crippen molar-refractivity contribution in [2.24, 2.45) is 0 Å². The third-order valence-corrected chi connectivity index (χ3v) is 3.90. The summed E-state index contributed by atoms with van der Waals surface area (Å²) in [7, 11) is 0. The molecule has 0 saturated carbocycles. The van der Waals surface area contributed by atoms with Crippen LogP contribution in [0.1, 0.15) is 30.1 Å². The number of amides is 3. The summed E-state index contributed by atoms with van der Waals surface area (Å²) in [6.07, 6.45) is 3.38. The van der Waals surface area contributed by atoms with Crippen molar-refractivity contribution in [1.29, 1.82) is 0 Å². The van der Waals surface area contributed by atoms with E-state index in [1.54, 1.807) is 48.7 Å². The van der Waals surface area contributed by atoms with Crippen LogP contribution in [0.15, 0.2) is 59.3 Å². The number of benzene rings is 1. The average molecular weight is 379 g/mol. The van der Waals surface area contributed by atoms with Gasteiger partial charge in [0, 0.05) is 18.4 Å². The fraction of sp³-hybridized carbons (Fsp3) is 0.200. The first kappa shape index (κ1) is 19.1. The number of para-hydroxylation sites is 1. The standard InChI is InChI=1S/C20H21N5O3/c1-2-3-12-22-18(26)16-17(15-11-7-8-13-21-15)25-28-19(16)24-20(27)23-14-9-5-4-6-10-14/h4-11,13H,2-3,12H2,1H3,(H,22,26)(H2,23,24,27). The minimum Gasteiger partial charge on any atom is -0.352 e. The first-order valence-electron chi connectivity index (χ1n) is 9.01. The Morgan fingerprint density at radius 1 is 1.04 bits per heavy atom. The molecule has 144 valence electrons. The van der Waals surface area contributed by atoms with Gasteiger partial charge in [0.05, 0.1) is 5.69 Å². The van der Waals surface area contributed by atoms with Gasteiger partial charge in [-0.1, -0.05) is 42.8 Å². The zero-order valence-corrected chi connectivity index (χ0v) is 15.4. The monoisotopic (exact) mass is 379 g/mol. The van der Waals surface area contributed by atoms with Gasteiger partial charge >= 0.3 is 6.03 Å². The molecule has 0 aliphatic heterocycles. The first-order valence-corrected chi connectivity index (χ1v) is 9.01. The second kappa shape index (κ2) is 9.31. The van der Waals surface area contributed by atoms with E-state index in [9.17, 15) is 9.59 Å². The predicted molar refractivity (Wildman–Crippen MR) is 106 cm³/mol. The SMILES string of the molecule is CCCCNC(=O)c1c(-c2ccccn2)noc1NC(=O)Nc1ccccc1. The van der Waals surface area contributed by atoms with Crippen LogP contribution >= 0.6 is 0 Å². The third-order valence-electron chi connectivity index (χ3n) is 3.90. The zero-order chi connectivity index (χ0) is 19.8. The Kier molecular flexibility index (Phi) is 6.35. The molecular weight excluding hydrogens is 358 g/mol. The number of nitrogens with zero attached hydrogens (tertiary/aromatic N) is 2. The Morgan fingerprint density at radius 3 is 2.54 bits per heavy atom. The molecule has 0 unspecified atom stereocenters. The Labute approximate surface area is 162 Å². The van der Waals surface area contributed by atoms with Crippen molar-refractivity contribution in [3.05, 3.63) is 60.3 Å². The van der Waals surface area contributed by atoms with Gasteiger partial charge in [-0.05, 0) is 30.7 Å². The highest BCUT2D eigenvalue weighted by molar-refractivity contribution is 6.08. The Morgan fingerprint density at radius 2 is 1.82 bits per heavy atom. The number of unbranched alkanes of at least 4 members (excludes halogenated alkanes) is 1. The summed E-state index contributed by atoms with van der Waals surface area (Å²) in [6.45, 7) is 2.55. The van der Waals surface area contributed by atoms with Gasteiger partial charge in [-0.25, -0.2) is 4.79 Å². The number of aromatic nitrogens is 2. The van der Waals surface area contributed by atoms with Gasteiger partial charge in [0.15, 0.2) is 0 Å². The molecule has 0 bridgehead atoms. The smallest absolute Gasteiger partial charge is 0.326 e. The average Bonchev–Trinajstić information content (AvgIpc) is 3.13. The van der Waals surface area contributed by atoms with Gasteiger partial charge in [-0.3, -0.25) is 15.1 Å². The number of urea groups is 1. The van der Waals surface area contributed by atoms with Crippen LogP contribution < -0.4 is 16.0 Å². The molecule has 28 heavy (non-hydrogen) atoms. The summed E-state index contributed by atoms with van der Waals surface area (Å²) in [4.78, 5) is 29.2. The number of rotatable bonds is 7. The molecule has 0 atom stereocenters. The normalized spacial score (nSPS) is 10.3. The van der Waals surface area contributed by atoms with Crippen LogP contribution in [0.2, 0.25) is 0 Å². The number of nitrogens with one attached hydrogen (secondary N) is 3. The van der Waals surface area contributed by atoms with Crippen molar-refractivity contribution in [1.82, 2.24) is 15.5 Å². The highest BCUT2D eigenvalue weighted by Crippen LogP contribution is 2.27. The lowest BCUT2D eigenvalue weighted by Gasteiger charge is -2.08. The highest BCUT2D eigenvalue weighted by atomic mass is 16.5. The maximum atomic E-state index is 12.7. The van der Waals surface area contributed by atoms with Crippen molar-refractivity contribution >= 4 is 23.5 Å². The molecule has 0 aliphatic carbocycles. The van der Waals surface area contributed by atoms with Crippen LogP contribution in [0.5, 0.6) is 0 Å². The second-order valence-corrected chi connectivity index (χ2v) is 6.00. The topological polar surface area (TPSA) is 109 Å². The van der Waals surface area contributed by atoms with Gasteiger partial charge < -0.3 is 15.2 Å². The zero-order valence-electron chi connectivity index (χ0n) is 15.4. The van der Waals surface area contributed by atoms with Crippen molar-refractivity contribution < 1.29 is 14.1 Å². The minimum atomic E-state index is -0.544. The summed E-state index contributed by atoms with van der Waals surface area (Å²) < 4.78 is 5.26. The predicted octanol–water partition coefficient (Wildman–Crippen LogP) is 3.91. The third kappa shape index (κ3) is 4.73. The maximum Gasteiger partial charge on any atom is 0.326 e. The van der Waals surface area contributed by atoms with E-state index in [4.69, 9.17) is 4.52 Å². The molecular formula is C20H21N5O3. The van der Waals surface area contributed by atoms with E-state index in [0.717, 1.165) is 12.8 Å². The largest absolute Gasteiger partial charge is 0.352 e. The number of pyridine rings is 1. The number of hydrogen-bond acceptors (Lipinski definition) is 5. The molecule has 3 amide bonds. The summed E-state index contributed by atoms with van der Waals surface area (Å²) >= 11 is 0. The lowest BCUT2D eigenvalue weighted by atomic mass is 10.1. The van der Waals surface area contributed by atoms with Gasteiger partial charge in [-0.15, -0.1) is 0 Å². The molecule has 0 spiro atoms. The van der Waals surface area contributed by atoms with Gasteiger partial charge in [0.2, 0.25) is 5.88 Å². The lowest BCUT2D eigenvalue weighted by Crippen LogP contribution is -2.27. The molecule has 2 aromatic heterocycles. The molecule has 2 heterocycles. The summed E-state index contributed by atoms with van der Waals surface area (Å²) in [5.74, 6) is -0.423. The molecule has 3 rings (SSSR count). The van der Waals surface area contributed by atoms with E-state index in [0.29, 0.717) is 17.9 Å². The number of carbonyl (C=O) groups is 2. The van der Waals surface area contributed by atoms with Crippen LogP contribution in [-0.4, -0.2) is 28.6 Å². The molecule has 3 N–H and O–H groups in total. The Balaban J connectivity index is 1.84. The molecule has 8 nitrogen and oxygen atoms in total. The van der Waals surface area contributed by atoms with E-state index in [2.05, 4.69) is 26.1 Å². The van der Waals surface area contributed by atoms with Crippen LogP contribution in [0.4, 0.5) is 16.4 Å². The number of hydrogen-bond donors (Lipinski definition) is 3. The van der Waals surface area contributed by atoms with Crippen LogP contribution in [0.3, 0.4) is 0 Å². The van der Waals surface area contributed by atoms with Crippen LogP contribution in [-0.2, 0) is 0 Å². The van der Waals surface area contributed by atoms with Gasteiger partial charge in [-0.2, -0.15) is 0 Å². The summed E-state index contributed by atoms with van der Waals surface area (Å²) in [6, 6.07) is 13.7. The summed E-state index contributed by atoms with van der Waals surface area (Å²) in [5.41, 5.74) is 1.49.